The van der Waals surface area contributed by atoms with E-state index in [2.05, 4.69) is 5.32 Å². The zero-order valence-corrected chi connectivity index (χ0v) is 14.0. The molecule has 0 spiro atoms. The lowest BCUT2D eigenvalue weighted by atomic mass is 9.76. The summed E-state index contributed by atoms with van der Waals surface area (Å²) in [6.07, 6.45) is 2.62. The molecule has 2 aliphatic carbocycles. The summed E-state index contributed by atoms with van der Waals surface area (Å²) in [7, 11) is 0. The minimum atomic E-state index is -1.70. The number of benzene rings is 1. The van der Waals surface area contributed by atoms with Crippen molar-refractivity contribution in [3.05, 3.63) is 64.3 Å². The molecule has 0 saturated carbocycles. The Kier molecular flexibility index (Phi) is 3.67. The average molecular weight is 369 g/mol. The first-order valence-electron chi connectivity index (χ1n) is 8.24. The number of phenols is 1. The van der Waals surface area contributed by atoms with Gasteiger partial charge in [0.1, 0.15) is 29.4 Å². The first kappa shape index (κ1) is 17.0. The highest BCUT2D eigenvalue weighted by atomic mass is 16.5. The van der Waals surface area contributed by atoms with Crippen LogP contribution in [0.4, 0.5) is 0 Å². The highest BCUT2D eigenvalue weighted by Crippen LogP contribution is 2.43. The van der Waals surface area contributed by atoms with Crippen molar-refractivity contribution < 1.29 is 34.4 Å². The number of rotatable bonds is 2. The maximum Gasteiger partial charge on any atom is 0.290 e. The van der Waals surface area contributed by atoms with E-state index in [1.54, 1.807) is 0 Å². The van der Waals surface area contributed by atoms with Crippen LogP contribution in [-0.2, 0) is 19.9 Å². The number of Topliss-reactive ketones (excluding diaryl/α,β-unsaturated/α-hetero) is 1. The molecule has 0 saturated heterocycles. The number of allylic oxidation sites excluding steroid dienone is 3. The molecule has 138 valence electrons. The van der Waals surface area contributed by atoms with Gasteiger partial charge in [-0.1, -0.05) is 12.1 Å². The summed E-state index contributed by atoms with van der Waals surface area (Å²) < 4.78 is 5.37. The molecule has 0 fully saturated rings. The minimum absolute atomic E-state index is 0.0136. The van der Waals surface area contributed by atoms with Crippen LogP contribution in [0.5, 0.6) is 5.75 Å². The fourth-order valence-electron chi connectivity index (χ4n) is 3.41. The maximum atomic E-state index is 12.4. The molecule has 0 unspecified atom stereocenters. The third-order valence-electron chi connectivity index (χ3n) is 4.84. The lowest BCUT2D eigenvalue weighted by Gasteiger charge is -2.37. The summed E-state index contributed by atoms with van der Waals surface area (Å²) in [4.78, 5) is 36.4. The van der Waals surface area contributed by atoms with E-state index in [1.165, 1.54) is 24.3 Å². The molecule has 27 heavy (non-hydrogen) atoms. The normalized spacial score (nSPS) is 23.9. The van der Waals surface area contributed by atoms with Gasteiger partial charge in [-0.15, -0.1) is 0 Å². The molecule has 1 aromatic rings. The topological polar surface area (TPSA) is 133 Å². The molecule has 0 radical (unpaired) electrons. The second kappa shape index (κ2) is 5.82. The quantitative estimate of drug-likeness (QED) is 0.608. The lowest BCUT2D eigenvalue weighted by Crippen LogP contribution is -2.42. The van der Waals surface area contributed by atoms with E-state index in [0.29, 0.717) is 0 Å². The molecule has 1 amide bonds. The Morgan fingerprint density at radius 2 is 1.93 bits per heavy atom. The van der Waals surface area contributed by atoms with E-state index in [0.717, 1.165) is 6.08 Å². The van der Waals surface area contributed by atoms with Gasteiger partial charge < -0.3 is 25.4 Å². The fraction of sp³-hybridized carbons (Fsp3) is 0.211. The molecule has 8 heteroatoms. The van der Waals surface area contributed by atoms with Crippen LogP contribution in [-0.4, -0.2) is 39.4 Å². The standard InChI is InChI=1S/C19H15NO7/c21-11-3-1-2-10-16(11)14(24)6-9-7-15(27-8-19(9,10)26)18(25)20-17-12(22)4-5-13(17)23/h1-3,6-7,21-22,26H,4-5,8H2,(H,20,25)/t19-/m0/s1. The van der Waals surface area contributed by atoms with Crippen molar-refractivity contribution in [2.45, 2.75) is 18.4 Å². The number of phenolic OH excluding ortho intramolecular Hbond substituents is 1. The molecule has 1 aliphatic heterocycles. The van der Waals surface area contributed by atoms with Gasteiger partial charge in [0.25, 0.3) is 5.91 Å². The second-order valence-electron chi connectivity index (χ2n) is 6.52. The molecule has 4 N–H and O–H groups in total. The van der Waals surface area contributed by atoms with Crippen LogP contribution in [0.1, 0.15) is 28.8 Å². The molecule has 0 bridgehead atoms. The largest absolute Gasteiger partial charge is 0.510 e. The number of amides is 1. The number of carbonyl (C=O) groups is 3. The number of ether oxygens (including phenoxy) is 1. The Labute approximate surface area is 153 Å². The van der Waals surface area contributed by atoms with Crippen LogP contribution in [0.2, 0.25) is 0 Å². The molecule has 4 rings (SSSR count). The third kappa shape index (κ3) is 2.53. The lowest BCUT2D eigenvalue weighted by molar-refractivity contribution is -0.124. The summed E-state index contributed by atoms with van der Waals surface area (Å²) in [5, 5.41) is 32.9. The van der Waals surface area contributed by atoms with Crippen LogP contribution in [0, 0.1) is 0 Å². The molecule has 1 aromatic carbocycles. The number of aliphatic hydroxyl groups excluding tert-OH is 1. The van der Waals surface area contributed by atoms with Crippen molar-refractivity contribution in [1.29, 1.82) is 0 Å². The van der Waals surface area contributed by atoms with Crippen molar-refractivity contribution in [3.8, 4) is 5.75 Å². The molecule has 1 atom stereocenters. The summed E-state index contributed by atoms with van der Waals surface area (Å²) in [5.74, 6) is -2.32. The summed E-state index contributed by atoms with van der Waals surface area (Å²) >= 11 is 0. The van der Waals surface area contributed by atoms with Crippen LogP contribution in [0.3, 0.4) is 0 Å². The number of carbonyl (C=O) groups excluding carboxylic acids is 3. The van der Waals surface area contributed by atoms with Gasteiger partial charge in [-0.3, -0.25) is 14.4 Å². The highest BCUT2D eigenvalue weighted by molar-refractivity contribution is 6.11. The zero-order chi connectivity index (χ0) is 19.3. The van der Waals surface area contributed by atoms with Gasteiger partial charge in [0.05, 0.1) is 5.56 Å². The summed E-state index contributed by atoms with van der Waals surface area (Å²) in [6.45, 7) is -0.360. The number of ketones is 2. The molecular weight excluding hydrogens is 354 g/mol. The Balaban J connectivity index is 1.68. The van der Waals surface area contributed by atoms with Crippen LogP contribution >= 0.6 is 0 Å². The minimum Gasteiger partial charge on any atom is -0.510 e. The number of aliphatic hydroxyl groups is 2. The predicted molar refractivity (Wildman–Crippen MR) is 90.5 cm³/mol. The Hall–Kier alpha value is -3.39. The van der Waals surface area contributed by atoms with Crippen LogP contribution < -0.4 is 5.32 Å². The van der Waals surface area contributed by atoms with E-state index >= 15 is 0 Å². The first-order chi connectivity index (χ1) is 12.8. The summed E-state index contributed by atoms with van der Waals surface area (Å²) in [5.41, 5.74) is -1.56. The maximum absolute atomic E-state index is 12.4. The van der Waals surface area contributed by atoms with Gasteiger partial charge in [-0.05, 0) is 23.8 Å². The smallest absolute Gasteiger partial charge is 0.290 e. The number of fused-ring (bicyclic) bond motifs is 3. The molecular formula is C19H15NO7. The number of hydrogen-bond acceptors (Lipinski definition) is 7. The van der Waals surface area contributed by atoms with Gasteiger partial charge in [0.2, 0.25) is 0 Å². The summed E-state index contributed by atoms with van der Waals surface area (Å²) in [6, 6.07) is 4.34. The average Bonchev–Trinajstić information content (AvgIpc) is 2.94. The Morgan fingerprint density at radius 3 is 2.63 bits per heavy atom. The van der Waals surface area contributed by atoms with E-state index in [1.807, 2.05) is 0 Å². The van der Waals surface area contributed by atoms with E-state index in [-0.39, 0.29) is 64.9 Å². The van der Waals surface area contributed by atoms with Crippen molar-refractivity contribution in [1.82, 2.24) is 5.32 Å². The van der Waals surface area contributed by atoms with Gasteiger partial charge in [0.15, 0.2) is 17.3 Å². The highest BCUT2D eigenvalue weighted by Gasteiger charge is 2.45. The zero-order valence-electron chi connectivity index (χ0n) is 14.0. The number of nitrogens with one attached hydrogen (secondary N) is 1. The van der Waals surface area contributed by atoms with Gasteiger partial charge >= 0.3 is 0 Å². The molecule has 8 nitrogen and oxygen atoms in total. The van der Waals surface area contributed by atoms with E-state index in [9.17, 15) is 29.7 Å². The van der Waals surface area contributed by atoms with Crippen molar-refractivity contribution in [3.63, 3.8) is 0 Å². The first-order valence-corrected chi connectivity index (χ1v) is 8.24. The third-order valence-corrected chi connectivity index (χ3v) is 4.84. The SMILES string of the molecule is O=C1CCC(O)=C1NC(=O)C1=CC2=CC(=O)c3c(O)cccc3[C@]2(O)CO1. The number of aromatic hydroxyl groups is 1. The molecule has 1 heterocycles. The monoisotopic (exact) mass is 369 g/mol. The van der Waals surface area contributed by atoms with E-state index in [4.69, 9.17) is 4.74 Å². The van der Waals surface area contributed by atoms with Crippen molar-refractivity contribution >= 4 is 17.5 Å². The van der Waals surface area contributed by atoms with Crippen LogP contribution in [0.15, 0.2) is 53.1 Å². The number of hydrogen-bond donors (Lipinski definition) is 4. The predicted octanol–water partition coefficient (Wildman–Crippen LogP) is 0.865. The van der Waals surface area contributed by atoms with Crippen LogP contribution in [0.25, 0.3) is 0 Å². The molecule has 0 aromatic heterocycles. The van der Waals surface area contributed by atoms with Gasteiger partial charge in [-0.25, -0.2) is 0 Å². The van der Waals surface area contributed by atoms with Gasteiger partial charge in [-0.2, -0.15) is 0 Å². The second-order valence-corrected chi connectivity index (χ2v) is 6.52. The fourth-order valence-corrected chi connectivity index (χ4v) is 3.41. The van der Waals surface area contributed by atoms with Gasteiger partial charge in [0, 0.05) is 18.4 Å². The Bertz CT molecular complexity index is 1000. The van der Waals surface area contributed by atoms with Crippen molar-refractivity contribution in [2.75, 3.05) is 6.61 Å². The Morgan fingerprint density at radius 1 is 1.15 bits per heavy atom. The molecule has 3 aliphatic rings. The van der Waals surface area contributed by atoms with Crippen molar-refractivity contribution in [2.24, 2.45) is 0 Å². The van der Waals surface area contributed by atoms with E-state index < -0.39 is 17.3 Å².